The summed E-state index contributed by atoms with van der Waals surface area (Å²) in [5.74, 6) is -0.277. The molecule has 1 atom stereocenters. The Morgan fingerprint density at radius 3 is 2.36 bits per heavy atom. The van der Waals surface area contributed by atoms with E-state index in [0.717, 1.165) is 12.1 Å². The van der Waals surface area contributed by atoms with Crippen LogP contribution in [0.3, 0.4) is 0 Å². The fraction of sp³-hybridized carbons (Fsp3) is 0.562. The lowest BCUT2D eigenvalue weighted by molar-refractivity contribution is -0.138. The Kier molecular flexibility index (Phi) is 7.40. The molecule has 0 saturated carbocycles. The Hall–Kier alpha value is -1.64. The van der Waals surface area contributed by atoms with E-state index in [4.69, 9.17) is 0 Å². The van der Waals surface area contributed by atoms with Crippen molar-refractivity contribution in [2.45, 2.75) is 38.2 Å². The third-order valence-electron chi connectivity index (χ3n) is 3.31. The Bertz CT molecular complexity index is 639. The third kappa shape index (κ3) is 7.01. The van der Waals surface area contributed by atoms with Gasteiger partial charge in [-0.25, -0.2) is 4.39 Å². The molecular formula is C16H23F4N3OS. The van der Waals surface area contributed by atoms with Gasteiger partial charge >= 0.3 is 6.18 Å². The second kappa shape index (κ2) is 8.64. The normalized spacial score (nSPS) is 14.3. The van der Waals surface area contributed by atoms with E-state index in [9.17, 15) is 21.8 Å². The van der Waals surface area contributed by atoms with Crippen molar-refractivity contribution in [1.29, 1.82) is 0 Å². The number of nitrogens with one attached hydrogen (secondary N) is 2. The monoisotopic (exact) mass is 381 g/mol. The zero-order valence-corrected chi connectivity index (χ0v) is 15.4. The van der Waals surface area contributed by atoms with Gasteiger partial charge in [0, 0.05) is 41.4 Å². The summed E-state index contributed by atoms with van der Waals surface area (Å²) >= 11 is 0. The van der Waals surface area contributed by atoms with Crippen LogP contribution in [0.4, 0.5) is 17.6 Å². The summed E-state index contributed by atoms with van der Waals surface area (Å²) in [5.41, 5.74) is -1.11. The number of guanidine groups is 1. The molecule has 0 aliphatic rings. The van der Waals surface area contributed by atoms with E-state index >= 15 is 0 Å². The minimum Gasteiger partial charge on any atom is -0.355 e. The summed E-state index contributed by atoms with van der Waals surface area (Å²) in [7, 11) is 0.428. The number of alkyl halides is 3. The average Bonchev–Trinajstić information content (AvgIpc) is 2.49. The molecule has 25 heavy (non-hydrogen) atoms. The van der Waals surface area contributed by atoms with Crippen LogP contribution in [0.1, 0.15) is 31.9 Å². The molecule has 0 aliphatic heterocycles. The summed E-state index contributed by atoms with van der Waals surface area (Å²) in [6.07, 6.45) is -4.64. The second-order valence-corrected chi connectivity index (χ2v) is 8.64. The maximum atomic E-state index is 13.1. The predicted octanol–water partition coefficient (Wildman–Crippen LogP) is 3.06. The highest BCUT2D eigenvalue weighted by atomic mass is 32.2. The number of hydrogen-bond acceptors (Lipinski definition) is 2. The molecule has 0 radical (unpaired) electrons. The first-order valence-corrected chi connectivity index (χ1v) is 8.95. The van der Waals surface area contributed by atoms with E-state index in [2.05, 4.69) is 15.6 Å². The van der Waals surface area contributed by atoms with Gasteiger partial charge in [0.05, 0.1) is 5.56 Å². The van der Waals surface area contributed by atoms with Crippen molar-refractivity contribution < 1.29 is 21.8 Å². The molecule has 0 heterocycles. The molecule has 0 fully saturated rings. The van der Waals surface area contributed by atoms with E-state index in [0.29, 0.717) is 18.4 Å². The number of nitrogens with zero attached hydrogens (tertiary/aromatic N) is 1. The number of halogens is 4. The molecule has 0 saturated heterocycles. The molecule has 0 amide bonds. The lowest BCUT2D eigenvalue weighted by Gasteiger charge is -2.19. The van der Waals surface area contributed by atoms with Crippen molar-refractivity contribution in [3.63, 3.8) is 0 Å². The van der Waals surface area contributed by atoms with Gasteiger partial charge < -0.3 is 10.6 Å². The Morgan fingerprint density at radius 2 is 1.84 bits per heavy atom. The molecule has 2 N–H and O–H groups in total. The van der Waals surface area contributed by atoms with Gasteiger partial charge in [-0.2, -0.15) is 13.2 Å². The first-order chi connectivity index (χ1) is 11.4. The highest BCUT2D eigenvalue weighted by Gasteiger charge is 2.33. The van der Waals surface area contributed by atoms with Gasteiger partial charge in [0.1, 0.15) is 5.82 Å². The van der Waals surface area contributed by atoms with E-state index < -0.39 is 28.4 Å². The molecular weight excluding hydrogens is 358 g/mol. The maximum Gasteiger partial charge on any atom is 0.416 e. The number of hydrogen-bond donors (Lipinski definition) is 2. The van der Waals surface area contributed by atoms with E-state index in [1.165, 1.54) is 7.05 Å². The van der Waals surface area contributed by atoms with Crippen molar-refractivity contribution in [3.05, 3.63) is 35.1 Å². The van der Waals surface area contributed by atoms with E-state index in [1.54, 1.807) is 0 Å². The predicted molar refractivity (Wildman–Crippen MR) is 92.4 cm³/mol. The summed E-state index contributed by atoms with van der Waals surface area (Å²) < 4.78 is 63.6. The summed E-state index contributed by atoms with van der Waals surface area (Å²) in [4.78, 5) is 3.91. The summed E-state index contributed by atoms with van der Waals surface area (Å²) in [6.45, 7) is 5.78. The number of rotatable bonds is 5. The van der Waals surface area contributed by atoms with Crippen LogP contribution in [0, 0.1) is 5.82 Å². The minimum absolute atomic E-state index is 0.0879. The van der Waals surface area contributed by atoms with Crippen molar-refractivity contribution in [2.24, 2.45) is 4.99 Å². The van der Waals surface area contributed by atoms with Crippen molar-refractivity contribution in [3.8, 4) is 0 Å². The molecule has 1 aromatic rings. The smallest absolute Gasteiger partial charge is 0.355 e. The average molecular weight is 381 g/mol. The Balaban J connectivity index is 2.66. The van der Waals surface area contributed by atoms with E-state index in [1.807, 2.05) is 20.8 Å². The zero-order valence-electron chi connectivity index (χ0n) is 14.6. The van der Waals surface area contributed by atoms with Crippen LogP contribution in [-0.4, -0.2) is 34.3 Å². The fourth-order valence-electron chi connectivity index (χ4n) is 1.93. The quantitative estimate of drug-likeness (QED) is 0.468. The number of aliphatic imine (C=N–C) groups is 1. The molecule has 9 heteroatoms. The lowest BCUT2D eigenvalue weighted by Crippen LogP contribution is -2.40. The highest BCUT2D eigenvalue weighted by molar-refractivity contribution is 7.86. The molecule has 0 bridgehead atoms. The molecule has 1 aromatic carbocycles. The fourth-order valence-corrected chi connectivity index (χ4v) is 2.83. The van der Waals surface area contributed by atoms with Crippen molar-refractivity contribution >= 4 is 16.8 Å². The highest BCUT2D eigenvalue weighted by Crippen LogP contribution is 2.32. The third-order valence-corrected chi connectivity index (χ3v) is 5.25. The number of benzene rings is 1. The molecule has 0 spiro atoms. The maximum absolute atomic E-state index is 13.1. The first kappa shape index (κ1) is 21.4. The standard InChI is InChI=1S/C16H23F4N3OS/c1-15(2,3)25(24)8-7-22-14(21-4)23-10-11-5-6-12(17)9-13(11)16(18,19)20/h5-6,9H,7-8,10H2,1-4H3,(H2,21,22,23). The largest absolute Gasteiger partial charge is 0.416 e. The second-order valence-electron chi connectivity index (χ2n) is 6.31. The van der Waals surface area contributed by atoms with Crippen LogP contribution < -0.4 is 10.6 Å². The first-order valence-electron chi connectivity index (χ1n) is 7.63. The van der Waals surface area contributed by atoms with Gasteiger partial charge in [0.2, 0.25) is 0 Å². The van der Waals surface area contributed by atoms with Crippen LogP contribution in [0.2, 0.25) is 0 Å². The van der Waals surface area contributed by atoms with Crippen LogP contribution in [0.15, 0.2) is 23.2 Å². The Labute approximate surface area is 147 Å². The summed E-state index contributed by atoms with van der Waals surface area (Å²) in [5, 5.41) is 5.65. The van der Waals surface area contributed by atoms with Gasteiger partial charge in [-0.3, -0.25) is 9.20 Å². The zero-order chi connectivity index (χ0) is 19.3. The lowest BCUT2D eigenvalue weighted by atomic mass is 10.1. The Morgan fingerprint density at radius 1 is 1.20 bits per heavy atom. The van der Waals surface area contributed by atoms with Gasteiger partial charge in [-0.1, -0.05) is 6.07 Å². The van der Waals surface area contributed by atoms with Gasteiger partial charge in [0.25, 0.3) is 0 Å². The van der Waals surface area contributed by atoms with Gasteiger partial charge in [0.15, 0.2) is 5.96 Å². The molecule has 0 aliphatic carbocycles. The van der Waals surface area contributed by atoms with Crippen molar-refractivity contribution in [2.75, 3.05) is 19.3 Å². The van der Waals surface area contributed by atoms with Crippen LogP contribution in [-0.2, 0) is 23.5 Å². The summed E-state index contributed by atoms with van der Waals surface area (Å²) in [6, 6.07) is 2.54. The van der Waals surface area contributed by atoms with Crippen LogP contribution in [0.25, 0.3) is 0 Å². The topological polar surface area (TPSA) is 53.5 Å². The molecule has 142 valence electrons. The minimum atomic E-state index is -4.64. The SMILES string of the molecule is CN=C(NCCS(=O)C(C)(C)C)NCc1ccc(F)cc1C(F)(F)F. The van der Waals surface area contributed by atoms with Gasteiger partial charge in [-0.15, -0.1) is 0 Å². The molecule has 1 unspecified atom stereocenters. The molecule has 4 nitrogen and oxygen atoms in total. The van der Waals surface area contributed by atoms with Crippen LogP contribution in [0.5, 0.6) is 0 Å². The van der Waals surface area contributed by atoms with Gasteiger partial charge in [-0.05, 0) is 38.5 Å². The van der Waals surface area contributed by atoms with E-state index in [-0.39, 0.29) is 22.8 Å². The van der Waals surface area contributed by atoms with Crippen molar-refractivity contribution in [1.82, 2.24) is 10.6 Å². The molecule has 0 aromatic heterocycles. The van der Waals surface area contributed by atoms with Crippen LogP contribution >= 0.6 is 0 Å². The molecule has 1 rings (SSSR count).